The van der Waals surface area contributed by atoms with E-state index in [0.29, 0.717) is 26.2 Å². The maximum atomic E-state index is 11.5. The Balaban J connectivity index is 2.41. The van der Waals surface area contributed by atoms with Gasteiger partial charge in [-0.25, -0.2) is 0 Å². The normalized spacial score (nSPS) is 16.0. The van der Waals surface area contributed by atoms with E-state index in [9.17, 15) is 9.59 Å². The molecule has 1 aliphatic rings. The molecule has 1 aliphatic heterocycles. The van der Waals surface area contributed by atoms with Crippen LogP contribution in [0, 0.1) is 0 Å². The molecule has 1 unspecified atom stereocenters. The Bertz CT molecular complexity index is 456. The fourth-order valence-corrected chi connectivity index (χ4v) is 3.12. The van der Waals surface area contributed by atoms with Gasteiger partial charge in [0.1, 0.15) is 6.17 Å². The number of unbranched alkanes of at least 4 members (excludes halogenated alkanes) is 4. The summed E-state index contributed by atoms with van der Waals surface area (Å²) in [5, 5.41) is 0. The van der Waals surface area contributed by atoms with E-state index in [1.807, 2.05) is 6.20 Å². The highest BCUT2D eigenvalue weighted by Gasteiger charge is 2.25. The van der Waals surface area contributed by atoms with Crippen molar-refractivity contribution in [2.75, 3.05) is 40.5 Å². The van der Waals surface area contributed by atoms with Gasteiger partial charge in [0.25, 0.3) is 0 Å². The van der Waals surface area contributed by atoms with Crippen molar-refractivity contribution in [3.05, 3.63) is 12.4 Å². The average Bonchev–Trinajstić information content (AvgIpc) is 3.07. The van der Waals surface area contributed by atoms with Crippen LogP contribution < -0.4 is 0 Å². The van der Waals surface area contributed by atoms with Crippen molar-refractivity contribution in [1.82, 2.24) is 9.80 Å². The molecule has 0 amide bonds. The summed E-state index contributed by atoms with van der Waals surface area (Å²) in [5.41, 5.74) is 0. The van der Waals surface area contributed by atoms with Crippen molar-refractivity contribution >= 4 is 11.9 Å². The first-order valence-electron chi connectivity index (χ1n) is 10.0. The third-order valence-corrected chi connectivity index (χ3v) is 4.75. The predicted molar refractivity (Wildman–Crippen MR) is 104 cm³/mol. The van der Waals surface area contributed by atoms with Crippen LogP contribution in [-0.2, 0) is 23.8 Å². The SMILES string of the molecule is CCCCCCCC1N(CCOCCC(=O)OC)C=CN1CCC(=O)OC. The molecule has 0 aliphatic carbocycles. The van der Waals surface area contributed by atoms with Gasteiger partial charge in [0.05, 0.1) is 40.3 Å². The maximum Gasteiger partial charge on any atom is 0.307 e. The Kier molecular flexibility index (Phi) is 12.3. The van der Waals surface area contributed by atoms with Gasteiger partial charge in [-0.15, -0.1) is 0 Å². The van der Waals surface area contributed by atoms with E-state index in [1.165, 1.54) is 46.3 Å². The summed E-state index contributed by atoms with van der Waals surface area (Å²) < 4.78 is 14.9. The summed E-state index contributed by atoms with van der Waals surface area (Å²) in [6, 6.07) is 0. The summed E-state index contributed by atoms with van der Waals surface area (Å²) in [4.78, 5) is 27.0. The third-order valence-electron chi connectivity index (χ3n) is 4.75. The zero-order chi connectivity index (χ0) is 19.9. The Morgan fingerprint density at radius 3 is 2.15 bits per heavy atom. The maximum absolute atomic E-state index is 11.5. The van der Waals surface area contributed by atoms with Gasteiger partial charge in [0.15, 0.2) is 0 Å². The molecule has 0 aromatic heterocycles. The molecule has 0 aromatic rings. The van der Waals surface area contributed by atoms with Gasteiger partial charge in [-0.2, -0.15) is 0 Å². The van der Waals surface area contributed by atoms with Crippen LogP contribution in [-0.4, -0.2) is 68.4 Å². The molecule has 0 saturated carbocycles. The fourth-order valence-electron chi connectivity index (χ4n) is 3.12. The fraction of sp³-hybridized carbons (Fsp3) is 0.800. The molecular weight excluding hydrogens is 348 g/mol. The molecular formula is C20H36N2O5. The molecule has 0 fully saturated rings. The Hall–Kier alpha value is -1.76. The van der Waals surface area contributed by atoms with Gasteiger partial charge in [-0.1, -0.05) is 32.6 Å². The summed E-state index contributed by atoms with van der Waals surface area (Å²) in [7, 11) is 2.80. The lowest BCUT2D eigenvalue weighted by Crippen LogP contribution is -2.41. The number of carbonyl (C=O) groups is 2. The van der Waals surface area contributed by atoms with Crippen molar-refractivity contribution in [3.63, 3.8) is 0 Å². The Morgan fingerprint density at radius 1 is 0.852 bits per heavy atom. The molecule has 0 aromatic carbocycles. The van der Waals surface area contributed by atoms with Crippen LogP contribution in [0.1, 0.15) is 58.3 Å². The van der Waals surface area contributed by atoms with Crippen LogP contribution in [0.2, 0.25) is 0 Å². The number of rotatable bonds is 15. The molecule has 0 bridgehead atoms. The molecule has 0 spiro atoms. The third kappa shape index (κ3) is 9.65. The summed E-state index contributed by atoms with van der Waals surface area (Å²) >= 11 is 0. The van der Waals surface area contributed by atoms with E-state index in [2.05, 4.69) is 27.7 Å². The van der Waals surface area contributed by atoms with Crippen molar-refractivity contribution in [1.29, 1.82) is 0 Å². The lowest BCUT2D eigenvalue weighted by Gasteiger charge is -2.33. The van der Waals surface area contributed by atoms with E-state index >= 15 is 0 Å². The van der Waals surface area contributed by atoms with Crippen LogP contribution in [0.3, 0.4) is 0 Å². The second kappa shape index (κ2) is 14.3. The highest BCUT2D eigenvalue weighted by atomic mass is 16.5. The zero-order valence-electron chi connectivity index (χ0n) is 17.2. The van der Waals surface area contributed by atoms with Gasteiger partial charge in [0, 0.05) is 25.5 Å². The number of carbonyl (C=O) groups excluding carboxylic acids is 2. The molecule has 0 N–H and O–H groups in total. The lowest BCUT2D eigenvalue weighted by molar-refractivity contribution is -0.142. The second-order valence-electron chi connectivity index (χ2n) is 6.72. The average molecular weight is 385 g/mol. The molecule has 1 rings (SSSR count). The highest BCUT2D eigenvalue weighted by molar-refractivity contribution is 5.69. The van der Waals surface area contributed by atoms with Crippen molar-refractivity contribution in [2.24, 2.45) is 0 Å². The predicted octanol–water partition coefficient (Wildman–Crippen LogP) is 2.90. The van der Waals surface area contributed by atoms with Crippen LogP contribution in [0.25, 0.3) is 0 Å². The minimum absolute atomic E-state index is 0.185. The molecule has 7 heteroatoms. The molecule has 27 heavy (non-hydrogen) atoms. The molecule has 0 saturated heterocycles. The molecule has 0 radical (unpaired) electrons. The van der Waals surface area contributed by atoms with Gasteiger partial charge in [-0.3, -0.25) is 9.59 Å². The summed E-state index contributed by atoms with van der Waals surface area (Å²) in [6.07, 6.45) is 12.3. The van der Waals surface area contributed by atoms with E-state index in [1.54, 1.807) is 0 Å². The van der Waals surface area contributed by atoms with Crippen LogP contribution in [0.4, 0.5) is 0 Å². The van der Waals surface area contributed by atoms with E-state index in [4.69, 9.17) is 9.47 Å². The Morgan fingerprint density at radius 2 is 1.48 bits per heavy atom. The summed E-state index contributed by atoms with van der Waals surface area (Å²) in [5.74, 6) is -0.440. The first kappa shape index (κ1) is 23.3. The molecule has 1 atom stereocenters. The van der Waals surface area contributed by atoms with Crippen LogP contribution in [0.15, 0.2) is 12.4 Å². The number of methoxy groups -OCH3 is 2. The van der Waals surface area contributed by atoms with Gasteiger partial charge in [0.2, 0.25) is 0 Å². The lowest BCUT2D eigenvalue weighted by atomic mass is 10.1. The number of hydrogen-bond donors (Lipinski definition) is 0. The minimum atomic E-state index is -0.255. The number of esters is 2. The zero-order valence-corrected chi connectivity index (χ0v) is 17.2. The molecule has 7 nitrogen and oxygen atoms in total. The highest BCUT2D eigenvalue weighted by Crippen LogP contribution is 2.22. The number of ether oxygens (including phenoxy) is 3. The Labute approximate surface area is 163 Å². The van der Waals surface area contributed by atoms with Crippen LogP contribution in [0.5, 0.6) is 0 Å². The minimum Gasteiger partial charge on any atom is -0.469 e. The second-order valence-corrected chi connectivity index (χ2v) is 6.72. The van der Waals surface area contributed by atoms with Gasteiger partial charge < -0.3 is 24.0 Å². The van der Waals surface area contributed by atoms with E-state index in [-0.39, 0.29) is 24.5 Å². The van der Waals surface area contributed by atoms with E-state index in [0.717, 1.165) is 13.0 Å². The topological polar surface area (TPSA) is 68.3 Å². The van der Waals surface area contributed by atoms with Crippen molar-refractivity contribution in [3.8, 4) is 0 Å². The largest absolute Gasteiger partial charge is 0.469 e. The van der Waals surface area contributed by atoms with Gasteiger partial charge in [-0.05, 0) is 12.8 Å². The van der Waals surface area contributed by atoms with Crippen molar-refractivity contribution in [2.45, 2.75) is 64.5 Å². The standard InChI is InChI=1S/C20H36N2O5/c1-4-5-6-7-8-9-18-21(12-10-19(23)25-2)13-14-22(18)15-17-27-16-11-20(24)26-3/h13-14,18H,4-12,15-17H2,1-3H3. The number of nitrogens with zero attached hydrogens (tertiary/aromatic N) is 2. The molecule has 1 heterocycles. The summed E-state index contributed by atoms with van der Waals surface area (Å²) in [6.45, 7) is 4.56. The number of hydrogen-bond acceptors (Lipinski definition) is 7. The quantitative estimate of drug-likeness (QED) is 0.318. The van der Waals surface area contributed by atoms with Crippen LogP contribution >= 0.6 is 0 Å². The van der Waals surface area contributed by atoms with Crippen molar-refractivity contribution < 1.29 is 23.8 Å². The molecule has 156 valence electrons. The van der Waals surface area contributed by atoms with Gasteiger partial charge >= 0.3 is 11.9 Å². The first-order chi connectivity index (χ1) is 13.1. The monoisotopic (exact) mass is 384 g/mol. The first-order valence-corrected chi connectivity index (χ1v) is 10.0. The van der Waals surface area contributed by atoms with E-state index < -0.39 is 0 Å². The smallest absolute Gasteiger partial charge is 0.307 e.